The van der Waals surface area contributed by atoms with Gasteiger partial charge in [-0.25, -0.2) is 9.78 Å². The third-order valence-electron chi connectivity index (χ3n) is 5.63. The summed E-state index contributed by atoms with van der Waals surface area (Å²) in [5, 5.41) is 2.69. The van der Waals surface area contributed by atoms with Gasteiger partial charge in [-0.2, -0.15) is 0 Å². The van der Waals surface area contributed by atoms with E-state index >= 15 is 0 Å². The Hall–Kier alpha value is -2.57. The standard InChI is InChI=1S/C22H32N4O3/c1-5-6-8-15-10-11-16-17(13-15)24-20(23-16)18-9-7-12-26(18)21(27)19(14(2)3)25-22(28)29-4/h10-11,13-14,18-19H,5-9,12H2,1-4H3,(H,23,24)(H,25,28)/t18-,19-/m0/s1. The number of imidazole rings is 1. The predicted octanol–water partition coefficient (Wildman–Crippen LogP) is 3.95. The number of hydrogen-bond donors (Lipinski definition) is 2. The fourth-order valence-corrected chi connectivity index (χ4v) is 3.96. The van der Waals surface area contributed by atoms with Gasteiger partial charge in [0.25, 0.3) is 0 Å². The Bertz CT molecular complexity index is 861. The molecular formula is C22H32N4O3. The highest BCUT2D eigenvalue weighted by molar-refractivity contribution is 5.86. The van der Waals surface area contributed by atoms with Crippen LogP contribution in [0.3, 0.4) is 0 Å². The normalized spacial score (nSPS) is 17.7. The summed E-state index contributed by atoms with van der Waals surface area (Å²) >= 11 is 0. The first-order valence-electron chi connectivity index (χ1n) is 10.6. The zero-order valence-corrected chi connectivity index (χ0v) is 17.8. The zero-order chi connectivity index (χ0) is 21.0. The minimum atomic E-state index is -0.618. The van der Waals surface area contributed by atoms with E-state index in [1.807, 2.05) is 18.7 Å². The van der Waals surface area contributed by atoms with Crippen molar-refractivity contribution in [3.05, 3.63) is 29.6 Å². The Labute approximate surface area is 172 Å². The number of ether oxygens (including phenoxy) is 1. The number of unbranched alkanes of at least 4 members (excludes halogenated alkanes) is 1. The Morgan fingerprint density at radius 2 is 2.17 bits per heavy atom. The summed E-state index contributed by atoms with van der Waals surface area (Å²) in [5.41, 5.74) is 3.24. The maximum absolute atomic E-state index is 13.2. The summed E-state index contributed by atoms with van der Waals surface area (Å²) < 4.78 is 4.69. The number of aromatic nitrogens is 2. The molecule has 1 aliphatic heterocycles. The van der Waals surface area contributed by atoms with Crippen LogP contribution in [0.5, 0.6) is 0 Å². The lowest BCUT2D eigenvalue weighted by atomic mass is 10.0. The van der Waals surface area contributed by atoms with Gasteiger partial charge < -0.3 is 19.9 Å². The second-order valence-corrected chi connectivity index (χ2v) is 8.12. The summed E-state index contributed by atoms with van der Waals surface area (Å²) in [5.74, 6) is 0.690. The Kier molecular flexibility index (Phi) is 6.77. The van der Waals surface area contributed by atoms with Gasteiger partial charge in [0.15, 0.2) is 0 Å². The fraction of sp³-hybridized carbons (Fsp3) is 0.591. The van der Waals surface area contributed by atoms with Crippen molar-refractivity contribution in [2.45, 2.75) is 65.0 Å². The van der Waals surface area contributed by atoms with E-state index in [4.69, 9.17) is 9.72 Å². The van der Waals surface area contributed by atoms with Gasteiger partial charge in [-0.1, -0.05) is 33.3 Å². The zero-order valence-electron chi connectivity index (χ0n) is 17.8. The number of rotatable bonds is 7. The van der Waals surface area contributed by atoms with Crippen LogP contribution in [0.1, 0.15) is 63.9 Å². The average Bonchev–Trinajstić information content (AvgIpc) is 3.35. The second kappa shape index (κ2) is 9.29. The summed E-state index contributed by atoms with van der Waals surface area (Å²) in [6.45, 7) is 6.69. The number of nitrogens with zero attached hydrogens (tertiary/aromatic N) is 2. The van der Waals surface area contributed by atoms with Crippen LogP contribution in [-0.2, 0) is 16.0 Å². The van der Waals surface area contributed by atoms with Crippen LogP contribution in [0, 0.1) is 5.92 Å². The first-order chi connectivity index (χ1) is 13.9. The van der Waals surface area contributed by atoms with E-state index < -0.39 is 12.1 Å². The van der Waals surface area contributed by atoms with Crippen LogP contribution in [0.2, 0.25) is 0 Å². The van der Waals surface area contributed by atoms with E-state index in [0.29, 0.717) is 6.54 Å². The van der Waals surface area contributed by atoms with Crippen LogP contribution >= 0.6 is 0 Å². The van der Waals surface area contributed by atoms with Crippen molar-refractivity contribution in [1.29, 1.82) is 0 Å². The summed E-state index contributed by atoms with van der Waals surface area (Å²) in [7, 11) is 1.30. The molecule has 7 heteroatoms. The van der Waals surface area contributed by atoms with Gasteiger partial charge in [0.05, 0.1) is 24.2 Å². The number of carbonyl (C=O) groups excluding carboxylic acids is 2. The molecule has 1 aromatic heterocycles. The smallest absolute Gasteiger partial charge is 0.407 e. The van der Waals surface area contributed by atoms with Gasteiger partial charge in [0.1, 0.15) is 11.9 Å². The maximum Gasteiger partial charge on any atom is 0.407 e. The van der Waals surface area contributed by atoms with Crippen molar-refractivity contribution < 1.29 is 14.3 Å². The third-order valence-corrected chi connectivity index (χ3v) is 5.63. The number of nitrogens with one attached hydrogen (secondary N) is 2. The molecule has 2 aromatic rings. The number of H-pyrrole nitrogens is 1. The van der Waals surface area contributed by atoms with Crippen LogP contribution in [-0.4, -0.2) is 46.6 Å². The topological polar surface area (TPSA) is 87.3 Å². The number of fused-ring (bicyclic) bond motifs is 1. The summed E-state index contributed by atoms with van der Waals surface area (Å²) in [6.07, 6.45) is 4.58. The molecule has 2 heterocycles. The SMILES string of the molecule is CCCCc1ccc2nc([C@@H]3CCCN3C(=O)[C@@H](NC(=O)OC)C(C)C)[nH]c2c1. The first kappa shape index (κ1) is 21.1. The molecule has 0 spiro atoms. The molecule has 158 valence electrons. The Morgan fingerprint density at radius 1 is 1.38 bits per heavy atom. The minimum Gasteiger partial charge on any atom is -0.453 e. The van der Waals surface area contributed by atoms with Crippen molar-refractivity contribution >= 4 is 23.0 Å². The number of carbonyl (C=O) groups is 2. The second-order valence-electron chi connectivity index (χ2n) is 8.12. The predicted molar refractivity (Wildman–Crippen MR) is 113 cm³/mol. The highest BCUT2D eigenvalue weighted by atomic mass is 16.5. The van der Waals surface area contributed by atoms with E-state index in [0.717, 1.165) is 36.1 Å². The van der Waals surface area contributed by atoms with E-state index in [2.05, 4.69) is 35.4 Å². The molecule has 0 aliphatic carbocycles. The molecule has 2 atom stereocenters. The van der Waals surface area contributed by atoms with E-state index in [-0.39, 0.29) is 17.9 Å². The molecule has 1 aromatic carbocycles. The molecule has 2 amide bonds. The molecule has 0 radical (unpaired) electrons. The maximum atomic E-state index is 13.2. The van der Waals surface area contributed by atoms with Gasteiger partial charge in [-0.3, -0.25) is 4.79 Å². The number of amides is 2. The molecule has 7 nitrogen and oxygen atoms in total. The quantitative estimate of drug-likeness (QED) is 0.737. The number of hydrogen-bond acceptors (Lipinski definition) is 4. The van der Waals surface area contributed by atoms with E-state index in [9.17, 15) is 9.59 Å². The monoisotopic (exact) mass is 400 g/mol. The number of alkyl carbamates (subject to hydrolysis) is 1. The highest BCUT2D eigenvalue weighted by Crippen LogP contribution is 2.32. The van der Waals surface area contributed by atoms with Crippen LogP contribution < -0.4 is 5.32 Å². The van der Waals surface area contributed by atoms with Crippen LogP contribution in [0.15, 0.2) is 18.2 Å². The molecule has 29 heavy (non-hydrogen) atoms. The van der Waals surface area contributed by atoms with Crippen molar-refractivity contribution in [2.24, 2.45) is 5.92 Å². The number of aromatic amines is 1. The molecule has 1 saturated heterocycles. The van der Waals surface area contributed by atoms with Crippen LogP contribution in [0.25, 0.3) is 11.0 Å². The van der Waals surface area contributed by atoms with Crippen LogP contribution in [0.4, 0.5) is 4.79 Å². The highest BCUT2D eigenvalue weighted by Gasteiger charge is 2.37. The lowest BCUT2D eigenvalue weighted by Crippen LogP contribution is -2.51. The van der Waals surface area contributed by atoms with Crippen molar-refractivity contribution in [3.8, 4) is 0 Å². The largest absolute Gasteiger partial charge is 0.453 e. The number of methoxy groups -OCH3 is 1. The molecule has 3 rings (SSSR count). The molecule has 2 N–H and O–H groups in total. The van der Waals surface area contributed by atoms with E-state index in [1.165, 1.54) is 25.5 Å². The minimum absolute atomic E-state index is 0.0420. The van der Waals surface area contributed by atoms with Gasteiger partial charge in [0.2, 0.25) is 5.91 Å². The van der Waals surface area contributed by atoms with Crippen molar-refractivity contribution in [3.63, 3.8) is 0 Å². The first-order valence-corrected chi connectivity index (χ1v) is 10.6. The van der Waals surface area contributed by atoms with Gasteiger partial charge in [0, 0.05) is 6.54 Å². The van der Waals surface area contributed by atoms with E-state index in [1.54, 1.807) is 0 Å². The Morgan fingerprint density at radius 3 is 2.86 bits per heavy atom. The number of aryl methyl sites for hydroxylation is 1. The molecule has 0 unspecified atom stereocenters. The van der Waals surface area contributed by atoms with Crippen molar-refractivity contribution in [2.75, 3.05) is 13.7 Å². The summed E-state index contributed by atoms with van der Waals surface area (Å²) in [4.78, 5) is 35.0. The average molecular weight is 401 g/mol. The number of benzene rings is 1. The van der Waals surface area contributed by atoms with Gasteiger partial charge in [-0.15, -0.1) is 0 Å². The number of likely N-dealkylation sites (tertiary alicyclic amines) is 1. The molecule has 0 bridgehead atoms. The van der Waals surface area contributed by atoms with Gasteiger partial charge >= 0.3 is 6.09 Å². The molecule has 1 aliphatic rings. The van der Waals surface area contributed by atoms with Gasteiger partial charge in [-0.05, 0) is 49.3 Å². The third kappa shape index (κ3) is 4.71. The van der Waals surface area contributed by atoms with Crippen molar-refractivity contribution in [1.82, 2.24) is 20.2 Å². The molecular weight excluding hydrogens is 368 g/mol. The fourth-order valence-electron chi connectivity index (χ4n) is 3.96. The molecule has 0 saturated carbocycles. The Balaban J connectivity index is 1.82. The lowest BCUT2D eigenvalue weighted by molar-refractivity contribution is -0.135. The lowest BCUT2D eigenvalue weighted by Gasteiger charge is -2.29. The summed E-state index contributed by atoms with van der Waals surface area (Å²) in [6, 6.07) is 5.63. The molecule has 1 fully saturated rings.